The normalized spacial score (nSPS) is 21.7. The van der Waals surface area contributed by atoms with Gasteiger partial charge in [-0.2, -0.15) is 0 Å². The van der Waals surface area contributed by atoms with E-state index in [0.29, 0.717) is 6.54 Å². The van der Waals surface area contributed by atoms with E-state index in [1.165, 1.54) is 14.2 Å². The van der Waals surface area contributed by atoms with Crippen molar-refractivity contribution in [3.8, 4) is 0 Å². The van der Waals surface area contributed by atoms with Gasteiger partial charge in [-0.3, -0.25) is 9.59 Å². The lowest BCUT2D eigenvalue weighted by atomic mass is 9.98. The summed E-state index contributed by atoms with van der Waals surface area (Å²) in [6, 6.07) is -0.224. The second-order valence-electron chi connectivity index (χ2n) is 4.46. The lowest BCUT2D eigenvalue weighted by Crippen LogP contribution is -2.50. The van der Waals surface area contributed by atoms with E-state index in [1.54, 1.807) is 4.90 Å². The van der Waals surface area contributed by atoms with Gasteiger partial charge >= 0.3 is 5.97 Å². The van der Waals surface area contributed by atoms with Crippen molar-refractivity contribution in [1.29, 1.82) is 0 Å². The topological polar surface area (TPSA) is 76.1 Å². The molecular weight excluding hydrogens is 238 g/mol. The summed E-state index contributed by atoms with van der Waals surface area (Å²) >= 11 is 0. The minimum Gasteiger partial charge on any atom is -0.481 e. The minimum atomic E-state index is -0.875. The van der Waals surface area contributed by atoms with Crippen LogP contribution >= 0.6 is 0 Å². The second kappa shape index (κ2) is 7.33. The van der Waals surface area contributed by atoms with Crippen molar-refractivity contribution < 1.29 is 24.2 Å². The molecular formula is C12H21NO5. The molecule has 1 amide bonds. The third-order valence-corrected chi connectivity index (χ3v) is 3.20. The number of hydrogen-bond donors (Lipinski definition) is 1. The van der Waals surface area contributed by atoms with Crippen LogP contribution in [0.5, 0.6) is 0 Å². The maximum Gasteiger partial charge on any atom is 0.305 e. The zero-order valence-corrected chi connectivity index (χ0v) is 10.9. The quantitative estimate of drug-likeness (QED) is 0.752. The summed E-state index contributed by atoms with van der Waals surface area (Å²) in [6.07, 6.45) is 1.95. The molecule has 0 spiro atoms. The van der Waals surface area contributed by atoms with Crippen LogP contribution in [0.3, 0.4) is 0 Å². The van der Waals surface area contributed by atoms with Gasteiger partial charge in [0.15, 0.2) is 6.10 Å². The Morgan fingerprint density at radius 3 is 2.67 bits per heavy atom. The predicted octanol–water partition coefficient (Wildman–Crippen LogP) is 0.504. The highest BCUT2D eigenvalue weighted by Crippen LogP contribution is 2.21. The third kappa shape index (κ3) is 3.96. The highest BCUT2D eigenvalue weighted by molar-refractivity contribution is 5.82. The van der Waals surface area contributed by atoms with Crippen molar-refractivity contribution in [2.75, 3.05) is 27.4 Å². The van der Waals surface area contributed by atoms with Gasteiger partial charge in [0.2, 0.25) is 0 Å². The first-order valence-corrected chi connectivity index (χ1v) is 6.14. The number of amides is 1. The van der Waals surface area contributed by atoms with Gasteiger partial charge in [-0.05, 0) is 19.3 Å². The maximum atomic E-state index is 12.2. The van der Waals surface area contributed by atoms with E-state index >= 15 is 0 Å². The summed E-state index contributed by atoms with van der Waals surface area (Å²) in [7, 11) is 2.96. The van der Waals surface area contributed by atoms with Gasteiger partial charge in [0.25, 0.3) is 5.91 Å². The van der Waals surface area contributed by atoms with E-state index in [4.69, 9.17) is 14.6 Å². The highest BCUT2D eigenvalue weighted by atomic mass is 16.5. The summed E-state index contributed by atoms with van der Waals surface area (Å²) in [5.74, 6) is -1.05. The van der Waals surface area contributed by atoms with Crippen molar-refractivity contribution in [3.05, 3.63) is 0 Å². The molecule has 6 heteroatoms. The van der Waals surface area contributed by atoms with Crippen LogP contribution in [0.25, 0.3) is 0 Å². The number of likely N-dealkylation sites (tertiary alicyclic amines) is 1. The Morgan fingerprint density at radius 2 is 2.11 bits per heavy atom. The van der Waals surface area contributed by atoms with E-state index in [2.05, 4.69) is 0 Å². The van der Waals surface area contributed by atoms with Gasteiger partial charge in [0, 0.05) is 26.8 Å². The fourth-order valence-electron chi connectivity index (χ4n) is 2.28. The standard InChI is InChI=1S/C12H21NO5/c1-17-8-10(18-2)12(16)13-6-4-3-5-9(13)7-11(14)15/h9-10H,3-8H2,1-2H3,(H,14,15). The van der Waals surface area contributed by atoms with Crippen molar-refractivity contribution in [3.63, 3.8) is 0 Å². The maximum absolute atomic E-state index is 12.2. The van der Waals surface area contributed by atoms with Crippen LogP contribution in [-0.4, -0.2) is 61.4 Å². The highest BCUT2D eigenvalue weighted by Gasteiger charge is 2.32. The van der Waals surface area contributed by atoms with Crippen LogP contribution < -0.4 is 0 Å². The lowest BCUT2D eigenvalue weighted by molar-refractivity contribution is -0.150. The number of nitrogens with zero attached hydrogens (tertiary/aromatic N) is 1. The van der Waals surface area contributed by atoms with Crippen LogP contribution in [0.1, 0.15) is 25.7 Å². The number of methoxy groups -OCH3 is 2. The van der Waals surface area contributed by atoms with Crippen LogP contribution in [0.4, 0.5) is 0 Å². The van der Waals surface area contributed by atoms with E-state index in [9.17, 15) is 9.59 Å². The monoisotopic (exact) mass is 259 g/mol. The van der Waals surface area contributed by atoms with E-state index < -0.39 is 12.1 Å². The number of piperidine rings is 1. The first kappa shape index (κ1) is 14.9. The van der Waals surface area contributed by atoms with Gasteiger partial charge in [-0.15, -0.1) is 0 Å². The molecule has 1 fully saturated rings. The molecule has 0 saturated carbocycles. The van der Waals surface area contributed by atoms with Crippen LogP contribution in [-0.2, 0) is 19.1 Å². The molecule has 0 aromatic rings. The fraction of sp³-hybridized carbons (Fsp3) is 0.833. The molecule has 0 aromatic heterocycles. The van der Waals surface area contributed by atoms with Crippen LogP contribution in [0.15, 0.2) is 0 Å². The molecule has 1 aliphatic heterocycles. The van der Waals surface area contributed by atoms with Gasteiger partial charge in [-0.25, -0.2) is 0 Å². The molecule has 0 aromatic carbocycles. The Hall–Kier alpha value is -1.14. The molecule has 104 valence electrons. The number of rotatable bonds is 6. The molecule has 2 unspecified atom stereocenters. The van der Waals surface area contributed by atoms with E-state index in [0.717, 1.165) is 19.3 Å². The summed E-state index contributed by atoms with van der Waals surface area (Å²) in [4.78, 5) is 24.7. The molecule has 1 rings (SSSR count). The summed E-state index contributed by atoms with van der Waals surface area (Å²) in [6.45, 7) is 0.784. The molecule has 1 aliphatic rings. The summed E-state index contributed by atoms with van der Waals surface area (Å²) in [5, 5.41) is 8.87. The Bertz CT molecular complexity index is 294. The number of carbonyl (C=O) groups excluding carboxylic acids is 1. The first-order valence-electron chi connectivity index (χ1n) is 6.14. The SMILES string of the molecule is COCC(OC)C(=O)N1CCCCC1CC(=O)O. The number of carbonyl (C=O) groups is 2. The molecule has 1 saturated heterocycles. The van der Waals surface area contributed by atoms with Crippen molar-refractivity contribution in [2.45, 2.75) is 37.8 Å². The Kier molecular flexibility index (Phi) is 6.07. The zero-order valence-electron chi connectivity index (χ0n) is 10.9. The van der Waals surface area contributed by atoms with Crippen LogP contribution in [0.2, 0.25) is 0 Å². The van der Waals surface area contributed by atoms with Gasteiger partial charge in [-0.1, -0.05) is 0 Å². The van der Waals surface area contributed by atoms with Gasteiger partial charge in [0.05, 0.1) is 13.0 Å². The van der Waals surface area contributed by atoms with Crippen molar-refractivity contribution in [2.24, 2.45) is 0 Å². The number of carboxylic acids is 1. The third-order valence-electron chi connectivity index (χ3n) is 3.20. The largest absolute Gasteiger partial charge is 0.481 e. The van der Waals surface area contributed by atoms with Crippen LogP contribution in [0, 0.1) is 0 Å². The van der Waals surface area contributed by atoms with E-state index in [1.807, 2.05) is 0 Å². The Morgan fingerprint density at radius 1 is 1.39 bits per heavy atom. The molecule has 6 nitrogen and oxygen atoms in total. The Labute approximate surface area is 107 Å². The molecule has 18 heavy (non-hydrogen) atoms. The van der Waals surface area contributed by atoms with Crippen molar-refractivity contribution in [1.82, 2.24) is 4.90 Å². The number of aliphatic carboxylic acids is 1. The molecule has 0 radical (unpaired) electrons. The molecule has 1 N–H and O–H groups in total. The number of ether oxygens (including phenoxy) is 2. The summed E-state index contributed by atoms with van der Waals surface area (Å²) < 4.78 is 10.0. The minimum absolute atomic E-state index is 0.00481. The molecule has 2 atom stereocenters. The first-order chi connectivity index (χ1) is 8.60. The summed E-state index contributed by atoms with van der Waals surface area (Å²) in [5.41, 5.74) is 0. The van der Waals surface area contributed by atoms with E-state index in [-0.39, 0.29) is 25.0 Å². The van der Waals surface area contributed by atoms with Gasteiger partial charge in [0.1, 0.15) is 0 Å². The smallest absolute Gasteiger partial charge is 0.305 e. The van der Waals surface area contributed by atoms with Gasteiger partial charge < -0.3 is 19.5 Å². The molecule has 0 bridgehead atoms. The average Bonchev–Trinajstić information content (AvgIpc) is 2.35. The average molecular weight is 259 g/mol. The number of carboxylic acid groups (broad SMARTS) is 1. The number of hydrogen-bond acceptors (Lipinski definition) is 4. The lowest BCUT2D eigenvalue weighted by Gasteiger charge is -2.36. The second-order valence-corrected chi connectivity index (χ2v) is 4.46. The predicted molar refractivity (Wildman–Crippen MR) is 64.3 cm³/mol. The Balaban J connectivity index is 2.69. The van der Waals surface area contributed by atoms with Crippen molar-refractivity contribution >= 4 is 11.9 Å². The zero-order chi connectivity index (χ0) is 13.5. The molecule has 0 aliphatic carbocycles. The fourth-order valence-corrected chi connectivity index (χ4v) is 2.28. The molecule has 1 heterocycles.